The molecular formula is C18H24N2O4. The van der Waals surface area contributed by atoms with Crippen LogP contribution in [0.1, 0.15) is 26.7 Å². The zero-order valence-corrected chi connectivity index (χ0v) is 14.3. The Labute approximate surface area is 141 Å². The number of aliphatic carboxylic acids is 1. The summed E-state index contributed by atoms with van der Waals surface area (Å²) in [6.45, 7) is 4.19. The van der Waals surface area contributed by atoms with Gasteiger partial charge in [0.15, 0.2) is 0 Å². The lowest BCUT2D eigenvalue weighted by Crippen LogP contribution is -2.45. The van der Waals surface area contributed by atoms with E-state index in [4.69, 9.17) is 4.74 Å². The fourth-order valence-corrected chi connectivity index (χ4v) is 2.73. The summed E-state index contributed by atoms with van der Waals surface area (Å²) < 4.78 is 7.33. The van der Waals surface area contributed by atoms with Crippen molar-refractivity contribution in [1.82, 2.24) is 9.88 Å². The number of hydrogen-bond donors (Lipinski definition) is 2. The number of carboxylic acids is 1. The van der Waals surface area contributed by atoms with E-state index in [1.807, 2.05) is 48.9 Å². The van der Waals surface area contributed by atoms with Gasteiger partial charge in [-0.25, -0.2) is 4.79 Å². The topological polar surface area (TPSA) is 80.6 Å². The number of carbonyl (C=O) groups excluding carboxylic acids is 1. The van der Waals surface area contributed by atoms with Crippen LogP contribution in [0.15, 0.2) is 30.5 Å². The number of nitrogens with zero attached hydrogens (tertiary/aromatic N) is 1. The summed E-state index contributed by atoms with van der Waals surface area (Å²) in [7, 11) is 1.61. The van der Waals surface area contributed by atoms with Crippen molar-refractivity contribution in [2.45, 2.75) is 39.3 Å². The number of carbonyl (C=O) groups is 2. The first kappa shape index (κ1) is 17.8. The molecule has 0 fully saturated rings. The number of ether oxygens (including phenoxy) is 1. The molecule has 6 heteroatoms. The van der Waals surface area contributed by atoms with Crippen molar-refractivity contribution in [3.8, 4) is 5.75 Å². The van der Waals surface area contributed by atoms with Crippen LogP contribution in [0.3, 0.4) is 0 Å². The van der Waals surface area contributed by atoms with Crippen molar-refractivity contribution in [2.75, 3.05) is 7.11 Å². The summed E-state index contributed by atoms with van der Waals surface area (Å²) >= 11 is 0. The Hall–Kier alpha value is -2.50. The van der Waals surface area contributed by atoms with Crippen molar-refractivity contribution in [3.63, 3.8) is 0 Å². The molecule has 0 radical (unpaired) electrons. The van der Waals surface area contributed by atoms with Gasteiger partial charge in [-0.1, -0.05) is 32.4 Å². The number of fused-ring (bicyclic) bond motifs is 1. The van der Waals surface area contributed by atoms with Crippen LogP contribution in [0.5, 0.6) is 5.75 Å². The molecule has 0 aliphatic rings. The molecule has 2 unspecified atom stereocenters. The second-order valence-corrected chi connectivity index (χ2v) is 5.93. The molecule has 6 nitrogen and oxygen atoms in total. The number of aryl methyl sites for hydroxylation is 1. The molecular weight excluding hydrogens is 308 g/mol. The summed E-state index contributed by atoms with van der Waals surface area (Å²) in [5.41, 5.74) is 0.935. The third kappa shape index (κ3) is 3.88. The van der Waals surface area contributed by atoms with Crippen molar-refractivity contribution in [3.05, 3.63) is 30.5 Å². The fraction of sp³-hybridized carbons (Fsp3) is 0.444. The van der Waals surface area contributed by atoms with Gasteiger partial charge >= 0.3 is 5.97 Å². The molecule has 1 heterocycles. The summed E-state index contributed by atoms with van der Waals surface area (Å²) in [5.74, 6) is -0.620. The summed E-state index contributed by atoms with van der Waals surface area (Å²) in [6, 6.07) is 6.90. The van der Waals surface area contributed by atoms with Gasteiger partial charge in [-0.3, -0.25) is 4.79 Å². The number of carboxylic acid groups (broad SMARTS) is 1. The van der Waals surface area contributed by atoms with Crippen molar-refractivity contribution in [2.24, 2.45) is 5.92 Å². The van der Waals surface area contributed by atoms with Gasteiger partial charge in [0.2, 0.25) is 5.91 Å². The smallest absolute Gasteiger partial charge is 0.326 e. The average Bonchev–Trinajstić information content (AvgIpc) is 3.00. The standard InChI is InChI=1S/C18H24N2O4/c1-4-12(2)16(18(22)23)19-15(21)9-11-20-10-8-13-6-5-7-14(24-3)17(13)20/h5-8,10,12,16H,4,9,11H2,1-3H3,(H,19,21)(H,22,23). The van der Waals surface area contributed by atoms with E-state index in [0.717, 1.165) is 16.7 Å². The number of rotatable bonds is 8. The maximum atomic E-state index is 12.1. The van der Waals surface area contributed by atoms with E-state index in [1.54, 1.807) is 7.11 Å². The van der Waals surface area contributed by atoms with Crippen LogP contribution in [0.25, 0.3) is 10.9 Å². The van der Waals surface area contributed by atoms with Gasteiger partial charge in [0.05, 0.1) is 12.6 Å². The molecule has 2 aromatic rings. The normalized spacial score (nSPS) is 13.5. The minimum absolute atomic E-state index is 0.112. The quantitative estimate of drug-likeness (QED) is 0.779. The first-order valence-corrected chi connectivity index (χ1v) is 8.12. The molecule has 130 valence electrons. The number of nitrogens with one attached hydrogen (secondary N) is 1. The number of aromatic nitrogens is 1. The largest absolute Gasteiger partial charge is 0.495 e. The van der Waals surface area contributed by atoms with Crippen molar-refractivity contribution in [1.29, 1.82) is 0 Å². The monoisotopic (exact) mass is 332 g/mol. The maximum absolute atomic E-state index is 12.1. The van der Waals surface area contributed by atoms with Crippen molar-refractivity contribution >= 4 is 22.8 Å². The van der Waals surface area contributed by atoms with Crippen LogP contribution in [0.4, 0.5) is 0 Å². The Kier molecular flexibility index (Phi) is 5.84. The lowest BCUT2D eigenvalue weighted by atomic mass is 9.99. The van der Waals surface area contributed by atoms with E-state index < -0.39 is 12.0 Å². The van der Waals surface area contributed by atoms with E-state index in [9.17, 15) is 14.7 Å². The van der Waals surface area contributed by atoms with Gasteiger partial charge in [0.1, 0.15) is 11.8 Å². The minimum atomic E-state index is -0.995. The molecule has 1 aromatic carbocycles. The van der Waals surface area contributed by atoms with Crippen LogP contribution in [-0.4, -0.2) is 34.7 Å². The number of benzene rings is 1. The highest BCUT2D eigenvalue weighted by Crippen LogP contribution is 2.26. The van der Waals surface area contributed by atoms with Gasteiger partial charge in [-0.2, -0.15) is 0 Å². The maximum Gasteiger partial charge on any atom is 0.326 e. The number of hydrogen-bond acceptors (Lipinski definition) is 3. The first-order chi connectivity index (χ1) is 11.5. The lowest BCUT2D eigenvalue weighted by Gasteiger charge is -2.20. The molecule has 24 heavy (non-hydrogen) atoms. The molecule has 0 saturated heterocycles. The van der Waals surface area contributed by atoms with Gasteiger partial charge in [0.25, 0.3) is 0 Å². The molecule has 1 amide bonds. The highest BCUT2D eigenvalue weighted by atomic mass is 16.5. The third-order valence-electron chi connectivity index (χ3n) is 4.35. The number of amides is 1. The predicted molar refractivity (Wildman–Crippen MR) is 92.1 cm³/mol. The molecule has 0 spiro atoms. The fourth-order valence-electron chi connectivity index (χ4n) is 2.73. The van der Waals surface area contributed by atoms with Gasteiger partial charge in [0, 0.05) is 24.5 Å². The zero-order chi connectivity index (χ0) is 17.7. The van der Waals surface area contributed by atoms with Gasteiger partial charge in [-0.05, 0) is 18.1 Å². The third-order valence-corrected chi connectivity index (χ3v) is 4.35. The second-order valence-electron chi connectivity index (χ2n) is 5.93. The highest BCUT2D eigenvalue weighted by molar-refractivity contribution is 5.86. The average molecular weight is 332 g/mol. The van der Waals surface area contributed by atoms with E-state index in [1.165, 1.54) is 0 Å². The summed E-state index contributed by atoms with van der Waals surface area (Å²) in [5, 5.41) is 12.9. The SMILES string of the molecule is CCC(C)C(NC(=O)CCn1ccc2cccc(OC)c21)C(=O)O. The Balaban J connectivity index is 2.05. The first-order valence-electron chi connectivity index (χ1n) is 8.12. The van der Waals surface area contributed by atoms with Gasteiger partial charge in [-0.15, -0.1) is 0 Å². The van der Waals surface area contributed by atoms with E-state index >= 15 is 0 Å². The summed E-state index contributed by atoms with van der Waals surface area (Å²) in [6.07, 6.45) is 2.81. The Bertz CT molecular complexity index is 723. The molecule has 1 aromatic heterocycles. The molecule has 0 saturated carbocycles. The molecule has 0 aliphatic carbocycles. The molecule has 2 atom stereocenters. The Morgan fingerprint density at radius 2 is 2.08 bits per heavy atom. The van der Waals surface area contributed by atoms with Crippen LogP contribution in [-0.2, 0) is 16.1 Å². The van der Waals surface area contributed by atoms with Crippen LogP contribution < -0.4 is 10.1 Å². The minimum Gasteiger partial charge on any atom is -0.495 e. The second kappa shape index (κ2) is 7.86. The molecule has 0 bridgehead atoms. The molecule has 2 rings (SSSR count). The molecule has 0 aliphatic heterocycles. The summed E-state index contributed by atoms with van der Waals surface area (Å²) in [4.78, 5) is 23.4. The van der Waals surface area contributed by atoms with Crippen LogP contribution >= 0.6 is 0 Å². The van der Waals surface area contributed by atoms with Crippen molar-refractivity contribution < 1.29 is 19.4 Å². The van der Waals surface area contributed by atoms with Gasteiger partial charge < -0.3 is 19.7 Å². The number of para-hydroxylation sites is 1. The van der Waals surface area contributed by atoms with E-state index in [2.05, 4.69) is 5.32 Å². The Morgan fingerprint density at radius 3 is 2.71 bits per heavy atom. The van der Waals surface area contributed by atoms with E-state index in [0.29, 0.717) is 13.0 Å². The predicted octanol–water partition coefficient (Wildman–Crippen LogP) is 2.66. The lowest BCUT2D eigenvalue weighted by molar-refractivity contribution is -0.143. The number of methoxy groups -OCH3 is 1. The van der Waals surface area contributed by atoms with E-state index in [-0.39, 0.29) is 18.2 Å². The molecule has 2 N–H and O–H groups in total. The zero-order valence-electron chi connectivity index (χ0n) is 14.3. The van der Waals surface area contributed by atoms with Crippen LogP contribution in [0.2, 0.25) is 0 Å². The highest BCUT2D eigenvalue weighted by Gasteiger charge is 2.25. The van der Waals surface area contributed by atoms with Crippen LogP contribution in [0, 0.1) is 5.92 Å². The Morgan fingerprint density at radius 1 is 1.33 bits per heavy atom.